The van der Waals surface area contributed by atoms with Crippen molar-refractivity contribution in [3.05, 3.63) is 18.5 Å². The zero-order valence-electron chi connectivity index (χ0n) is 6.03. The number of amides is 1. The van der Waals surface area contributed by atoms with Crippen LogP contribution in [-0.4, -0.2) is 27.4 Å². The van der Waals surface area contributed by atoms with E-state index in [4.69, 9.17) is 0 Å². The van der Waals surface area contributed by atoms with Crippen molar-refractivity contribution in [3.8, 4) is 0 Å². The molecule has 0 aliphatic rings. The first-order chi connectivity index (χ1) is 5.34. The van der Waals surface area contributed by atoms with E-state index in [1.807, 2.05) is 6.92 Å². The molecule has 0 saturated heterocycles. The summed E-state index contributed by atoms with van der Waals surface area (Å²) in [5, 5.41) is 2.55. The fourth-order valence-electron chi connectivity index (χ4n) is 0.563. The summed E-state index contributed by atoms with van der Waals surface area (Å²) in [5.74, 6) is -0.201. The molecule has 1 aromatic heterocycles. The Kier molecular flexibility index (Phi) is 2.48. The molecular formula is C6H7N4O. The van der Waals surface area contributed by atoms with Crippen LogP contribution in [0.1, 0.15) is 17.5 Å². The zero-order valence-corrected chi connectivity index (χ0v) is 6.03. The van der Waals surface area contributed by atoms with Crippen molar-refractivity contribution in [1.82, 2.24) is 20.3 Å². The molecule has 0 aliphatic carbocycles. The van der Waals surface area contributed by atoms with Crippen LogP contribution in [0.25, 0.3) is 0 Å². The lowest BCUT2D eigenvalue weighted by atomic mass is 10.5. The van der Waals surface area contributed by atoms with Crippen LogP contribution in [0.2, 0.25) is 0 Å². The fourth-order valence-corrected chi connectivity index (χ4v) is 0.563. The Morgan fingerprint density at radius 2 is 2.64 bits per heavy atom. The third-order valence-electron chi connectivity index (χ3n) is 0.992. The molecular weight excluding hydrogens is 144 g/mol. The molecule has 5 nitrogen and oxygen atoms in total. The van der Waals surface area contributed by atoms with Crippen LogP contribution in [0, 0.1) is 6.33 Å². The van der Waals surface area contributed by atoms with Gasteiger partial charge in [0.2, 0.25) is 12.2 Å². The summed E-state index contributed by atoms with van der Waals surface area (Å²) in [6.07, 6.45) is 3.51. The SMILES string of the molecule is CCNC(=O)c1n[c]ncn1. The molecule has 1 amide bonds. The van der Waals surface area contributed by atoms with Gasteiger partial charge in [-0.15, -0.1) is 0 Å². The highest BCUT2D eigenvalue weighted by Gasteiger charge is 2.04. The summed E-state index contributed by atoms with van der Waals surface area (Å²) in [4.78, 5) is 21.6. The van der Waals surface area contributed by atoms with Gasteiger partial charge in [-0.2, -0.15) is 0 Å². The molecule has 5 heteroatoms. The minimum atomic E-state index is -0.300. The van der Waals surface area contributed by atoms with E-state index in [0.717, 1.165) is 0 Å². The lowest BCUT2D eigenvalue weighted by molar-refractivity contribution is 0.0945. The Balaban J connectivity index is 2.69. The third kappa shape index (κ3) is 1.96. The van der Waals surface area contributed by atoms with Crippen LogP contribution in [0.5, 0.6) is 0 Å². The van der Waals surface area contributed by atoms with Gasteiger partial charge in [-0.05, 0) is 6.92 Å². The maximum atomic E-state index is 11.0. The maximum absolute atomic E-state index is 11.0. The van der Waals surface area contributed by atoms with Crippen LogP contribution in [0.3, 0.4) is 0 Å². The number of hydrogen-bond acceptors (Lipinski definition) is 4. The number of carbonyl (C=O) groups is 1. The molecule has 0 unspecified atom stereocenters. The molecule has 0 spiro atoms. The van der Waals surface area contributed by atoms with Gasteiger partial charge in [-0.1, -0.05) is 0 Å². The Labute approximate surface area is 63.9 Å². The molecule has 1 rings (SSSR count). The largest absolute Gasteiger partial charge is 0.350 e. The van der Waals surface area contributed by atoms with Gasteiger partial charge in [-0.25, -0.2) is 15.0 Å². The predicted octanol–water partition coefficient (Wildman–Crippen LogP) is -0.579. The van der Waals surface area contributed by atoms with E-state index in [0.29, 0.717) is 6.54 Å². The second-order valence-electron chi connectivity index (χ2n) is 1.77. The molecule has 57 valence electrons. The predicted molar refractivity (Wildman–Crippen MR) is 36.7 cm³/mol. The van der Waals surface area contributed by atoms with E-state index in [2.05, 4.69) is 26.6 Å². The number of hydrogen-bond donors (Lipinski definition) is 1. The van der Waals surface area contributed by atoms with Crippen molar-refractivity contribution in [1.29, 1.82) is 0 Å². The molecule has 0 bridgehead atoms. The van der Waals surface area contributed by atoms with Crippen molar-refractivity contribution in [2.75, 3.05) is 6.54 Å². The van der Waals surface area contributed by atoms with Crippen LogP contribution < -0.4 is 5.32 Å². The summed E-state index contributed by atoms with van der Waals surface area (Å²) < 4.78 is 0. The van der Waals surface area contributed by atoms with E-state index in [1.165, 1.54) is 6.33 Å². The number of nitrogens with zero attached hydrogens (tertiary/aromatic N) is 3. The Morgan fingerprint density at radius 1 is 1.82 bits per heavy atom. The van der Waals surface area contributed by atoms with Crippen LogP contribution >= 0.6 is 0 Å². The topological polar surface area (TPSA) is 67.8 Å². The van der Waals surface area contributed by atoms with E-state index < -0.39 is 0 Å². The van der Waals surface area contributed by atoms with Crippen molar-refractivity contribution < 1.29 is 4.79 Å². The molecule has 0 saturated carbocycles. The molecule has 0 aromatic carbocycles. The summed E-state index contributed by atoms with van der Waals surface area (Å²) in [6, 6.07) is 0. The van der Waals surface area contributed by atoms with Gasteiger partial charge in [0.1, 0.15) is 6.33 Å². The molecule has 11 heavy (non-hydrogen) atoms. The van der Waals surface area contributed by atoms with Crippen LogP contribution in [-0.2, 0) is 0 Å². The first-order valence-corrected chi connectivity index (χ1v) is 3.18. The van der Waals surface area contributed by atoms with E-state index in [9.17, 15) is 4.79 Å². The molecule has 1 heterocycles. The highest BCUT2D eigenvalue weighted by atomic mass is 16.2. The molecule has 1 aromatic rings. The van der Waals surface area contributed by atoms with Gasteiger partial charge in [0, 0.05) is 6.54 Å². The van der Waals surface area contributed by atoms with Crippen molar-refractivity contribution >= 4 is 5.91 Å². The average molecular weight is 151 g/mol. The molecule has 0 fully saturated rings. The second-order valence-corrected chi connectivity index (χ2v) is 1.77. The summed E-state index contributed by atoms with van der Waals surface area (Å²) in [5.41, 5.74) is 0. The molecule has 0 atom stereocenters. The highest BCUT2D eigenvalue weighted by molar-refractivity contribution is 5.90. The average Bonchev–Trinajstić information content (AvgIpc) is 2.07. The summed E-state index contributed by atoms with van der Waals surface area (Å²) in [7, 11) is 0. The molecule has 1 radical (unpaired) electrons. The minimum Gasteiger partial charge on any atom is -0.350 e. The Morgan fingerprint density at radius 3 is 3.18 bits per heavy atom. The van der Waals surface area contributed by atoms with Gasteiger partial charge in [0.05, 0.1) is 0 Å². The first kappa shape index (κ1) is 7.59. The minimum absolute atomic E-state index is 0.0989. The fraction of sp³-hybridized carbons (Fsp3) is 0.333. The lowest BCUT2D eigenvalue weighted by Gasteiger charge is -1.96. The van der Waals surface area contributed by atoms with E-state index in [1.54, 1.807) is 0 Å². The normalized spacial score (nSPS) is 9.18. The van der Waals surface area contributed by atoms with Crippen molar-refractivity contribution in [2.45, 2.75) is 6.92 Å². The van der Waals surface area contributed by atoms with Gasteiger partial charge < -0.3 is 5.32 Å². The molecule has 0 aliphatic heterocycles. The van der Waals surface area contributed by atoms with E-state index >= 15 is 0 Å². The van der Waals surface area contributed by atoms with Gasteiger partial charge in [0.25, 0.3) is 5.91 Å². The summed E-state index contributed by atoms with van der Waals surface area (Å²) in [6.45, 7) is 2.38. The smallest absolute Gasteiger partial charge is 0.289 e. The number of aromatic nitrogens is 3. The standard InChI is InChI=1S/C6H7N4O/c1-2-8-6(11)5-9-3-7-4-10-5/h3H,2H2,1H3,(H,8,11). The van der Waals surface area contributed by atoms with Crippen LogP contribution in [0.15, 0.2) is 6.33 Å². The Bertz CT molecular complexity index is 236. The van der Waals surface area contributed by atoms with Gasteiger partial charge in [-0.3, -0.25) is 4.79 Å². The zero-order chi connectivity index (χ0) is 8.10. The Hall–Kier alpha value is -1.52. The van der Waals surface area contributed by atoms with Crippen molar-refractivity contribution in [2.24, 2.45) is 0 Å². The van der Waals surface area contributed by atoms with Gasteiger partial charge >= 0.3 is 0 Å². The lowest BCUT2D eigenvalue weighted by Crippen LogP contribution is -2.24. The second kappa shape index (κ2) is 3.60. The summed E-state index contributed by atoms with van der Waals surface area (Å²) >= 11 is 0. The first-order valence-electron chi connectivity index (χ1n) is 3.18. The highest BCUT2D eigenvalue weighted by Crippen LogP contribution is 1.82. The maximum Gasteiger partial charge on any atom is 0.289 e. The number of carbonyl (C=O) groups excluding carboxylic acids is 1. The number of rotatable bonds is 2. The third-order valence-corrected chi connectivity index (χ3v) is 0.992. The monoisotopic (exact) mass is 151 g/mol. The quantitative estimate of drug-likeness (QED) is 0.614. The van der Waals surface area contributed by atoms with Gasteiger partial charge in [0.15, 0.2) is 0 Å². The van der Waals surface area contributed by atoms with E-state index in [-0.39, 0.29) is 11.7 Å². The van der Waals surface area contributed by atoms with Crippen molar-refractivity contribution in [3.63, 3.8) is 0 Å². The van der Waals surface area contributed by atoms with Crippen LogP contribution in [0.4, 0.5) is 0 Å². The molecule has 1 N–H and O–H groups in total. The number of nitrogens with one attached hydrogen (secondary N) is 1.